The fourth-order valence-corrected chi connectivity index (χ4v) is 3.07. The number of aromatic amines is 2. The molecule has 9 nitrogen and oxygen atoms in total. The van der Waals surface area contributed by atoms with Crippen molar-refractivity contribution in [1.29, 1.82) is 0 Å². The number of carbonyl (C=O) groups is 1. The topological polar surface area (TPSA) is 126 Å². The summed E-state index contributed by atoms with van der Waals surface area (Å²) in [6.07, 6.45) is 8.17. The molecular formula is C17H30N8O. The molecule has 0 radical (unpaired) electrons. The lowest BCUT2D eigenvalue weighted by molar-refractivity contribution is -0.119. The summed E-state index contributed by atoms with van der Waals surface area (Å²) in [4.78, 5) is 12.0. The van der Waals surface area contributed by atoms with Crippen LogP contribution in [0.1, 0.15) is 83.8 Å². The van der Waals surface area contributed by atoms with Crippen LogP contribution < -0.4 is 0 Å². The highest BCUT2D eigenvalue weighted by atomic mass is 16.1. The van der Waals surface area contributed by atoms with Gasteiger partial charge in [-0.05, 0) is 25.2 Å². The first-order valence-corrected chi connectivity index (χ1v) is 9.45. The van der Waals surface area contributed by atoms with Crippen molar-refractivity contribution in [3.05, 3.63) is 11.6 Å². The van der Waals surface area contributed by atoms with Crippen molar-refractivity contribution >= 4 is 5.78 Å². The number of hydrogen-bond donors (Lipinski definition) is 2. The molecule has 144 valence electrons. The molecule has 1 atom stereocenters. The standard InChI is InChI=1S/C17H30N8O/c1-13(12-15-18-22-23-19-15)8-4-5-9-14(26)10-6-7-11-17(2,3)16-20-24-25-21-16/h13H,4-12H2,1-3H3,(H,18,19,22,23)(H,20,21,24,25). The van der Waals surface area contributed by atoms with Crippen LogP contribution in [0.4, 0.5) is 0 Å². The molecule has 2 aromatic rings. The average Bonchev–Trinajstić information content (AvgIpc) is 3.29. The molecule has 0 spiro atoms. The summed E-state index contributed by atoms with van der Waals surface area (Å²) in [7, 11) is 0. The molecule has 0 aliphatic rings. The zero-order chi connectivity index (χ0) is 18.8. The maximum Gasteiger partial charge on any atom is 0.180 e. The Balaban J connectivity index is 1.50. The van der Waals surface area contributed by atoms with Crippen molar-refractivity contribution in [1.82, 2.24) is 41.2 Å². The van der Waals surface area contributed by atoms with E-state index in [0.717, 1.165) is 56.6 Å². The Morgan fingerprint density at radius 1 is 1.00 bits per heavy atom. The largest absolute Gasteiger partial charge is 0.300 e. The van der Waals surface area contributed by atoms with Crippen molar-refractivity contribution in [3.63, 3.8) is 0 Å². The van der Waals surface area contributed by atoms with Gasteiger partial charge in [-0.25, -0.2) is 0 Å². The molecule has 2 N–H and O–H groups in total. The Hall–Kier alpha value is -2.19. The molecule has 2 aromatic heterocycles. The van der Waals surface area contributed by atoms with Gasteiger partial charge in [-0.3, -0.25) is 4.79 Å². The molecule has 2 rings (SSSR count). The zero-order valence-electron chi connectivity index (χ0n) is 16.0. The summed E-state index contributed by atoms with van der Waals surface area (Å²) >= 11 is 0. The van der Waals surface area contributed by atoms with Gasteiger partial charge in [0.15, 0.2) is 11.6 Å². The molecule has 0 bridgehead atoms. The van der Waals surface area contributed by atoms with E-state index in [-0.39, 0.29) is 5.41 Å². The number of aromatic nitrogens is 8. The summed E-state index contributed by atoms with van der Waals surface area (Å²) in [6.45, 7) is 6.40. The lowest BCUT2D eigenvalue weighted by atomic mass is 9.86. The second-order valence-corrected chi connectivity index (χ2v) is 7.75. The van der Waals surface area contributed by atoms with Crippen LogP contribution in [0.15, 0.2) is 0 Å². The van der Waals surface area contributed by atoms with E-state index in [4.69, 9.17) is 0 Å². The van der Waals surface area contributed by atoms with Crippen LogP contribution in [-0.2, 0) is 16.6 Å². The van der Waals surface area contributed by atoms with E-state index in [1.807, 2.05) is 0 Å². The molecule has 0 amide bonds. The monoisotopic (exact) mass is 362 g/mol. The van der Waals surface area contributed by atoms with E-state index in [0.29, 0.717) is 24.5 Å². The molecule has 0 saturated heterocycles. The maximum atomic E-state index is 12.0. The van der Waals surface area contributed by atoms with Gasteiger partial charge in [0.25, 0.3) is 0 Å². The Kier molecular flexibility index (Phi) is 7.80. The fourth-order valence-electron chi connectivity index (χ4n) is 3.07. The van der Waals surface area contributed by atoms with E-state index in [1.54, 1.807) is 0 Å². The van der Waals surface area contributed by atoms with Gasteiger partial charge in [0.1, 0.15) is 5.78 Å². The maximum absolute atomic E-state index is 12.0. The zero-order valence-corrected chi connectivity index (χ0v) is 16.0. The first kappa shape index (κ1) is 20.1. The lowest BCUT2D eigenvalue weighted by Gasteiger charge is -2.19. The third-order valence-electron chi connectivity index (χ3n) is 4.78. The lowest BCUT2D eigenvalue weighted by Crippen LogP contribution is -2.19. The molecule has 0 aliphatic heterocycles. The van der Waals surface area contributed by atoms with Crippen molar-refractivity contribution in [2.45, 2.75) is 84.0 Å². The van der Waals surface area contributed by atoms with Gasteiger partial charge in [-0.1, -0.05) is 50.5 Å². The molecule has 0 aromatic carbocycles. The van der Waals surface area contributed by atoms with Crippen LogP contribution in [0.25, 0.3) is 0 Å². The predicted octanol–water partition coefficient (Wildman–Crippen LogP) is 2.56. The van der Waals surface area contributed by atoms with Gasteiger partial charge in [-0.2, -0.15) is 10.4 Å². The van der Waals surface area contributed by atoms with Crippen molar-refractivity contribution in [2.75, 3.05) is 0 Å². The highest BCUT2D eigenvalue weighted by Crippen LogP contribution is 2.25. The van der Waals surface area contributed by atoms with Crippen molar-refractivity contribution < 1.29 is 4.79 Å². The van der Waals surface area contributed by atoms with Crippen LogP contribution >= 0.6 is 0 Å². The molecule has 0 aliphatic carbocycles. The minimum Gasteiger partial charge on any atom is -0.300 e. The number of nitrogens with one attached hydrogen (secondary N) is 2. The van der Waals surface area contributed by atoms with Gasteiger partial charge in [0.2, 0.25) is 0 Å². The van der Waals surface area contributed by atoms with E-state index >= 15 is 0 Å². The first-order chi connectivity index (χ1) is 12.5. The van der Waals surface area contributed by atoms with Gasteiger partial charge in [0.05, 0.1) is 0 Å². The number of tetrazole rings is 2. The number of Topliss-reactive ketones (excluding diaryl/α,β-unsaturated/α-hetero) is 1. The van der Waals surface area contributed by atoms with Gasteiger partial charge >= 0.3 is 0 Å². The van der Waals surface area contributed by atoms with E-state index in [9.17, 15) is 4.79 Å². The Morgan fingerprint density at radius 3 is 2.35 bits per heavy atom. The number of rotatable bonds is 13. The SMILES string of the molecule is CC(CCCCC(=O)CCCCC(C)(C)c1nn[nH]n1)Cc1nn[nH]n1. The quantitative estimate of drug-likeness (QED) is 0.524. The van der Waals surface area contributed by atoms with Gasteiger partial charge < -0.3 is 0 Å². The second-order valence-electron chi connectivity index (χ2n) is 7.75. The highest BCUT2D eigenvalue weighted by molar-refractivity contribution is 5.78. The third-order valence-corrected chi connectivity index (χ3v) is 4.78. The molecular weight excluding hydrogens is 332 g/mol. The normalized spacial score (nSPS) is 13.0. The van der Waals surface area contributed by atoms with Crippen LogP contribution in [0.3, 0.4) is 0 Å². The van der Waals surface area contributed by atoms with Crippen LogP contribution in [0, 0.1) is 5.92 Å². The molecule has 26 heavy (non-hydrogen) atoms. The highest BCUT2D eigenvalue weighted by Gasteiger charge is 2.24. The summed E-state index contributed by atoms with van der Waals surface area (Å²) < 4.78 is 0. The van der Waals surface area contributed by atoms with Crippen LogP contribution in [0.2, 0.25) is 0 Å². The summed E-state index contributed by atoms with van der Waals surface area (Å²) in [5, 5.41) is 28.2. The molecule has 0 saturated carbocycles. The Morgan fingerprint density at radius 2 is 1.69 bits per heavy atom. The summed E-state index contributed by atoms with van der Waals surface area (Å²) in [5.74, 6) is 2.37. The van der Waals surface area contributed by atoms with Gasteiger partial charge in [0, 0.05) is 24.7 Å². The molecule has 2 heterocycles. The van der Waals surface area contributed by atoms with Crippen molar-refractivity contribution in [2.24, 2.45) is 5.92 Å². The van der Waals surface area contributed by atoms with E-state index in [1.165, 1.54) is 0 Å². The van der Waals surface area contributed by atoms with Crippen molar-refractivity contribution in [3.8, 4) is 0 Å². The Labute approximate surface area is 154 Å². The number of nitrogens with zero attached hydrogens (tertiary/aromatic N) is 6. The minimum absolute atomic E-state index is 0.106. The fraction of sp³-hybridized carbons (Fsp3) is 0.824. The minimum atomic E-state index is -0.106. The molecule has 0 fully saturated rings. The average molecular weight is 362 g/mol. The van der Waals surface area contributed by atoms with E-state index < -0.39 is 0 Å². The third kappa shape index (κ3) is 6.97. The van der Waals surface area contributed by atoms with Gasteiger partial charge in [-0.15, -0.1) is 20.4 Å². The van der Waals surface area contributed by atoms with E-state index in [2.05, 4.69) is 62.0 Å². The first-order valence-electron chi connectivity index (χ1n) is 9.45. The summed E-state index contributed by atoms with van der Waals surface area (Å²) in [5.41, 5.74) is -0.106. The van der Waals surface area contributed by atoms with Crippen LogP contribution in [-0.4, -0.2) is 47.0 Å². The number of ketones is 1. The molecule has 1 unspecified atom stereocenters. The van der Waals surface area contributed by atoms with Crippen LogP contribution in [0.5, 0.6) is 0 Å². The predicted molar refractivity (Wildman–Crippen MR) is 96.2 cm³/mol. The molecule has 9 heteroatoms. The summed E-state index contributed by atoms with van der Waals surface area (Å²) in [6, 6.07) is 0. The Bertz CT molecular complexity index is 623. The number of H-pyrrole nitrogens is 2. The smallest absolute Gasteiger partial charge is 0.180 e. The number of hydrogen-bond acceptors (Lipinski definition) is 7. The number of carbonyl (C=O) groups excluding carboxylic acids is 1. The number of unbranched alkanes of at least 4 members (excludes halogenated alkanes) is 2. The second kappa shape index (κ2) is 10.1.